The molecule has 0 bridgehead atoms. The highest BCUT2D eigenvalue weighted by Crippen LogP contribution is 2.17. The first-order chi connectivity index (χ1) is 7.69. The van der Waals surface area contributed by atoms with Gasteiger partial charge in [0.05, 0.1) is 0 Å². The van der Waals surface area contributed by atoms with Gasteiger partial charge in [-0.1, -0.05) is 15.9 Å². The van der Waals surface area contributed by atoms with E-state index in [0.29, 0.717) is 11.4 Å². The van der Waals surface area contributed by atoms with Gasteiger partial charge < -0.3 is 0 Å². The molecule has 6 heteroatoms. The predicted molar refractivity (Wildman–Crippen MR) is 74.2 cm³/mol. The number of rotatable bonds is 2. The summed E-state index contributed by atoms with van der Waals surface area (Å²) >= 11 is 6.82. The highest BCUT2D eigenvalue weighted by atomic mass is 79.9. The summed E-state index contributed by atoms with van der Waals surface area (Å²) in [6, 6.07) is 4.34. The van der Waals surface area contributed by atoms with Crippen molar-refractivity contribution in [3.05, 3.63) is 34.1 Å². The minimum Gasteiger partial charge on any atom is -0.270 e. The molecule has 0 saturated carbocycles. The Morgan fingerprint density at radius 1 is 1.50 bits per heavy atom. The summed E-state index contributed by atoms with van der Waals surface area (Å²) in [4.78, 5) is 3.93. The van der Waals surface area contributed by atoms with Crippen LogP contribution in [-0.2, 0) is 0 Å². The lowest BCUT2D eigenvalue weighted by Gasteiger charge is -2.06. The summed E-state index contributed by atoms with van der Waals surface area (Å²) < 4.78 is 13.7. The minimum atomic E-state index is -0.324. The fourth-order valence-electron chi connectivity index (χ4n) is 0.985. The van der Waals surface area contributed by atoms with Crippen molar-refractivity contribution in [1.29, 1.82) is 0 Å². The number of nitrogens with zero attached hydrogens (tertiary/aromatic N) is 2. The molecule has 0 amide bonds. The second kappa shape index (κ2) is 8.29. The Bertz CT molecular complexity index is 382. The van der Waals surface area contributed by atoms with Gasteiger partial charge in [0, 0.05) is 23.8 Å². The molecule has 1 aromatic rings. The molecule has 0 aliphatic heterocycles. The van der Waals surface area contributed by atoms with Gasteiger partial charge in [0.15, 0.2) is 0 Å². The van der Waals surface area contributed by atoms with Crippen LogP contribution in [-0.4, -0.2) is 25.9 Å². The van der Waals surface area contributed by atoms with Gasteiger partial charge in [0.1, 0.15) is 11.7 Å². The standard InChI is InChI=1S/C9H9BrFN3.CH4S/c1-12-9(14-13-2)7-5-6(11)3-4-8(7)10;1-2/h3-5H,2H2,1H3,(H,12,14);2H,1H3. The third-order valence-corrected chi connectivity index (χ3v) is 2.28. The maximum Gasteiger partial charge on any atom is 0.149 e. The Balaban J connectivity index is 0.00000106. The molecule has 16 heavy (non-hydrogen) atoms. The zero-order chi connectivity index (χ0) is 12.6. The number of thiol groups is 1. The number of hydrogen-bond donors (Lipinski definition) is 2. The van der Waals surface area contributed by atoms with Crippen LogP contribution in [0.2, 0.25) is 0 Å². The highest BCUT2D eigenvalue weighted by Gasteiger charge is 2.07. The summed E-state index contributed by atoms with van der Waals surface area (Å²) in [6.07, 6.45) is 1.69. The van der Waals surface area contributed by atoms with E-state index < -0.39 is 0 Å². The Hall–Kier alpha value is -0.880. The van der Waals surface area contributed by atoms with Crippen molar-refractivity contribution in [2.45, 2.75) is 0 Å². The van der Waals surface area contributed by atoms with Crippen LogP contribution in [0.1, 0.15) is 5.56 Å². The SMILES string of the molecule is C=NNC(=NC)c1cc(F)ccc1Br.CS. The minimum absolute atomic E-state index is 0.324. The maximum absolute atomic E-state index is 12.9. The molecule has 1 N–H and O–H groups in total. The number of halogens is 2. The van der Waals surface area contributed by atoms with Crippen LogP contribution < -0.4 is 5.43 Å². The average Bonchev–Trinajstić information content (AvgIpc) is 2.32. The van der Waals surface area contributed by atoms with Crippen molar-refractivity contribution < 1.29 is 4.39 Å². The van der Waals surface area contributed by atoms with Gasteiger partial charge >= 0.3 is 0 Å². The van der Waals surface area contributed by atoms with Gasteiger partial charge in [0.25, 0.3) is 0 Å². The lowest BCUT2D eigenvalue weighted by Crippen LogP contribution is -2.19. The third kappa shape index (κ3) is 4.32. The molecule has 0 aromatic heterocycles. The fourth-order valence-corrected chi connectivity index (χ4v) is 1.42. The molecule has 0 spiro atoms. The van der Waals surface area contributed by atoms with E-state index in [2.05, 4.69) is 50.8 Å². The van der Waals surface area contributed by atoms with Crippen LogP contribution in [0.5, 0.6) is 0 Å². The summed E-state index contributed by atoms with van der Waals surface area (Å²) in [5.41, 5.74) is 3.19. The van der Waals surface area contributed by atoms with Gasteiger partial charge in [-0.2, -0.15) is 17.7 Å². The molecule has 0 radical (unpaired) electrons. The van der Waals surface area contributed by atoms with Gasteiger partial charge in [0.2, 0.25) is 0 Å². The molecule has 0 saturated heterocycles. The largest absolute Gasteiger partial charge is 0.270 e. The molecule has 1 aromatic carbocycles. The first-order valence-electron chi connectivity index (χ1n) is 4.27. The van der Waals surface area contributed by atoms with Crippen molar-refractivity contribution in [3.63, 3.8) is 0 Å². The van der Waals surface area contributed by atoms with E-state index in [-0.39, 0.29) is 5.82 Å². The first kappa shape index (κ1) is 15.1. The number of nitrogens with one attached hydrogen (secondary N) is 1. The number of benzene rings is 1. The smallest absolute Gasteiger partial charge is 0.149 e. The Labute approximate surface area is 108 Å². The van der Waals surface area contributed by atoms with E-state index in [1.54, 1.807) is 19.4 Å². The summed E-state index contributed by atoms with van der Waals surface area (Å²) in [6.45, 7) is 3.28. The molecule has 0 atom stereocenters. The van der Waals surface area contributed by atoms with Gasteiger partial charge in [-0.3, -0.25) is 10.4 Å². The number of aliphatic imine (C=N–C) groups is 1. The Kier molecular flexibility index (Phi) is 7.84. The predicted octanol–water partition coefficient (Wildman–Crippen LogP) is 2.72. The third-order valence-electron chi connectivity index (χ3n) is 1.59. The van der Waals surface area contributed by atoms with Gasteiger partial charge in [-0.25, -0.2) is 4.39 Å². The second-order valence-corrected chi connectivity index (χ2v) is 3.32. The molecule has 0 fully saturated rings. The van der Waals surface area contributed by atoms with E-state index in [1.807, 2.05) is 0 Å². The summed E-state index contributed by atoms with van der Waals surface area (Å²) in [5, 5.41) is 3.48. The van der Waals surface area contributed by atoms with E-state index in [9.17, 15) is 4.39 Å². The molecule has 88 valence electrons. The fraction of sp³-hybridized carbons (Fsp3) is 0.200. The molecule has 0 heterocycles. The molecular weight excluding hydrogens is 293 g/mol. The van der Waals surface area contributed by atoms with Crippen LogP contribution in [0.25, 0.3) is 0 Å². The number of hydrazone groups is 1. The van der Waals surface area contributed by atoms with Crippen LogP contribution in [0.3, 0.4) is 0 Å². The lowest BCUT2D eigenvalue weighted by atomic mass is 10.2. The molecular formula is C10H13BrFN3S. The number of amidine groups is 1. The number of hydrogen-bond acceptors (Lipinski definition) is 3. The zero-order valence-electron chi connectivity index (χ0n) is 9.04. The summed E-state index contributed by atoms with van der Waals surface area (Å²) in [5.74, 6) is 0.140. The normalized spacial score (nSPS) is 10.2. The average molecular weight is 306 g/mol. The van der Waals surface area contributed by atoms with Crippen molar-refractivity contribution in [1.82, 2.24) is 5.43 Å². The molecule has 1 rings (SSSR count). The lowest BCUT2D eigenvalue weighted by molar-refractivity contribution is 0.627. The van der Waals surface area contributed by atoms with Crippen molar-refractivity contribution >= 4 is 41.1 Å². The molecule has 0 aliphatic rings. The van der Waals surface area contributed by atoms with E-state index in [0.717, 1.165) is 4.47 Å². The van der Waals surface area contributed by atoms with Gasteiger partial charge in [-0.15, -0.1) is 0 Å². The van der Waals surface area contributed by atoms with E-state index in [4.69, 9.17) is 0 Å². The topological polar surface area (TPSA) is 36.8 Å². The molecule has 0 aliphatic carbocycles. The van der Waals surface area contributed by atoms with Crippen LogP contribution in [0.4, 0.5) is 4.39 Å². The van der Waals surface area contributed by atoms with Crippen LogP contribution in [0, 0.1) is 5.82 Å². The quantitative estimate of drug-likeness (QED) is 0.375. The first-order valence-corrected chi connectivity index (χ1v) is 5.96. The van der Waals surface area contributed by atoms with E-state index >= 15 is 0 Å². The molecule has 0 unspecified atom stereocenters. The highest BCUT2D eigenvalue weighted by molar-refractivity contribution is 9.10. The Morgan fingerprint density at radius 3 is 2.62 bits per heavy atom. The monoisotopic (exact) mass is 305 g/mol. The summed E-state index contributed by atoms with van der Waals surface area (Å²) in [7, 11) is 1.59. The van der Waals surface area contributed by atoms with Crippen molar-refractivity contribution in [3.8, 4) is 0 Å². The van der Waals surface area contributed by atoms with Crippen LogP contribution in [0.15, 0.2) is 32.8 Å². The maximum atomic E-state index is 12.9. The zero-order valence-corrected chi connectivity index (χ0v) is 11.5. The van der Waals surface area contributed by atoms with Crippen molar-refractivity contribution in [2.75, 3.05) is 13.3 Å². The van der Waals surface area contributed by atoms with E-state index in [1.165, 1.54) is 12.1 Å². The van der Waals surface area contributed by atoms with Crippen LogP contribution >= 0.6 is 28.6 Å². The molecule has 3 nitrogen and oxygen atoms in total. The van der Waals surface area contributed by atoms with Gasteiger partial charge in [-0.05, 0) is 24.5 Å². The van der Waals surface area contributed by atoms with Crippen molar-refractivity contribution in [2.24, 2.45) is 10.1 Å². The second-order valence-electron chi connectivity index (χ2n) is 2.47. The Morgan fingerprint density at radius 2 is 2.12 bits per heavy atom.